The molecule has 0 spiro atoms. The molecule has 2 aromatic heterocycles. The van der Waals surface area contributed by atoms with Gasteiger partial charge in [-0.15, -0.1) is 0 Å². The highest BCUT2D eigenvalue weighted by atomic mass is 19.1. The quantitative estimate of drug-likeness (QED) is 0.535. The van der Waals surface area contributed by atoms with Gasteiger partial charge >= 0.3 is 0 Å². The van der Waals surface area contributed by atoms with Gasteiger partial charge in [0.1, 0.15) is 34.9 Å². The van der Waals surface area contributed by atoms with E-state index in [-0.39, 0.29) is 11.4 Å². The fourth-order valence-electron chi connectivity index (χ4n) is 3.97. The van der Waals surface area contributed by atoms with Crippen molar-refractivity contribution in [1.82, 2.24) is 9.97 Å². The van der Waals surface area contributed by atoms with Crippen molar-refractivity contribution in [2.45, 2.75) is 38.3 Å². The van der Waals surface area contributed by atoms with Gasteiger partial charge in [-0.25, -0.2) is 18.2 Å². The SMILES string of the molecule is C[C@@H]1[C@@H](O)[C@H](O)[C@@H](C)O[C@H]1c1ccncc1NC(=O)c1ccc(F)c(-c2c(F)cccc2F)n1. The Kier molecular flexibility index (Phi) is 6.65. The Morgan fingerprint density at radius 2 is 1.71 bits per heavy atom. The number of nitrogens with zero attached hydrogens (tertiary/aromatic N) is 2. The zero-order chi connectivity index (χ0) is 24.6. The van der Waals surface area contributed by atoms with Gasteiger partial charge in [0.15, 0.2) is 0 Å². The van der Waals surface area contributed by atoms with Crippen LogP contribution in [0.5, 0.6) is 0 Å². The number of aliphatic hydroxyl groups is 2. The third-order valence-electron chi connectivity index (χ3n) is 5.90. The predicted octanol–water partition coefficient (Wildman–Crippen LogP) is 3.63. The van der Waals surface area contributed by atoms with Crippen LogP contribution in [0.25, 0.3) is 11.3 Å². The Labute approximate surface area is 193 Å². The predicted molar refractivity (Wildman–Crippen MR) is 116 cm³/mol. The second kappa shape index (κ2) is 9.49. The summed E-state index contributed by atoms with van der Waals surface area (Å²) in [6.07, 6.45) is -0.597. The average Bonchev–Trinajstić information content (AvgIpc) is 2.81. The van der Waals surface area contributed by atoms with Crippen LogP contribution in [0.2, 0.25) is 0 Å². The lowest BCUT2D eigenvalue weighted by molar-refractivity contribution is -0.192. The van der Waals surface area contributed by atoms with Gasteiger partial charge in [0.05, 0.1) is 35.8 Å². The van der Waals surface area contributed by atoms with E-state index in [9.17, 15) is 28.2 Å². The molecule has 0 aliphatic carbocycles. The lowest BCUT2D eigenvalue weighted by Crippen LogP contribution is -2.49. The zero-order valence-corrected chi connectivity index (χ0v) is 18.2. The Morgan fingerprint density at radius 1 is 1.00 bits per heavy atom. The summed E-state index contributed by atoms with van der Waals surface area (Å²) in [6.45, 7) is 3.32. The van der Waals surface area contributed by atoms with E-state index in [2.05, 4.69) is 15.3 Å². The maximum absolute atomic E-state index is 14.4. The molecule has 0 bridgehead atoms. The fourth-order valence-corrected chi connectivity index (χ4v) is 3.97. The minimum Gasteiger partial charge on any atom is -0.390 e. The van der Waals surface area contributed by atoms with E-state index < -0.39 is 64.9 Å². The van der Waals surface area contributed by atoms with Crippen LogP contribution in [0.4, 0.5) is 18.9 Å². The first kappa shape index (κ1) is 23.8. The molecule has 1 saturated heterocycles. The molecule has 3 heterocycles. The van der Waals surface area contributed by atoms with Crippen molar-refractivity contribution in [3.05, 3.63) is 77.5 Å². The summed E-state index contributed by atoms with van der Waals surface area (Å²) >= 11 is 0. The number of pyridine rings is 2. The second-order valence-corrected chi connectivity index (χ2v) is 8.14. The molecule has 7 nitrogen and oxygen atoms in total. The van der Waals surface area contributed by atoms with Gasteiger partial charge in [0.25, 0.3) is 5.91 Å². The number of benzene rings is 1. The summed E-state index contributed by atoms with van der Waals surface area (Å²) in [7, 11) is 0. The number of aliphatic hydroxyl groups excluding tert-OH is 2. The minimum absolute atomic E-state index is 0.241. The van der Waals surface area contributed by atoms with E-state index in [4.69, 9.17) is 4.74 Å². The Morgan fingerprint density at radius 3 is 2.41 bits per heavy atom. The van der Waals surface area contributed by atoms with Crippen LogP contribution in [0.3, 0.4) is 0 Å². The largest absolute Gasteiger partial charge is 0.390 e. The average molecular weight is 473 g/mol. The molecule has 0 radical (unpaired) electrons. The molecule has 1 aromatic carbocycles. The molecule has 3 aromatic rings. The smallest absolute Gasteiger partial charge is 0.274 e. The van der Waals surface area contributed by atoms with Crippen molar-refractivity contribution in [1.29, 1.82) is 0 Å². The summed E-state index contributed by atoms with van der Waals surface area (Å²) in [6, 6.07) is 6.66. The topological polar surface area (TPSA) is 105 Å². The van der Waals surface area contributed by atoms with Gasteiger partial charge in [0.2, 0.25) is 0 Å². The molecule has 5 atom stereocenters. The molecular weight excluding hydrogens is 451 g/mol. The van der Waals surface area contributed by atoms with Crippen molar-refractivity contribution in [3.63, 3.8) is 0 Å². The lowest BCUT2D eigenvalue weighted by Gasteiger charge is -2.41. The van der Waals surface area contributed by atoms with Crippen LogP contribution in [-0.4, -0.2) is 44.4 Å². The first-order valence-electron chi connectivity index (χ1n) is 10.6. The van der Waals surface area contributed by atoms with Crippen LogP contribution >= 0.6 is 0 Å². The Balaban J connectivity index is 1.65. The number of aromatic nitrogens is 2. The number of ether oxygens (including phenoxy) is 1. The third-order valence-corrected chi connectivity index (χ3v) is 5.90. The molecule has 1 fully saturated rings. The van der Waals surface area contributed by atoms with E-state index in [0.717, 1.165) is 30.3 Å². The maximum atomic E-state index is 14.4. The number of anilines is 1. The van der Waals surface area contributed by atoms with Crippen LogP contribution in [0, 0.1) is 23.4 Å². The highest BCUT2D eigenvalue weighted by Gasteiger charge is 2.41. The molecule has 0 unspecified atom stereocenters. The van der Waals surface area contributed by atoms with Gasteiger partial charge in [-0.05, 0) is 37.3 Å². The summed E-state index contributed by atoms with van der Waals surface area (Å²) in [5.74, 6) is -4.31. The van der Waals surface area contributed by atoms with Crippen molar-refractivity contribution in [2.24, 2.45) is 5.92 Å². The highest BCUT2D eigenvalue weighted by Crippen LogP contribution is 2.39. The number of amides is 1. The number of hydrogen-bond acceptors (Lipinski definition) is 6. The Hall–Kier alpha value is -3.34. The summed E-state index contributed by atoms with van der Waals surface area (Å²) < 4.78 is 48.6. The van der Waals surface area contributed by atoms with Gasteiger partial charge < -0.3 is 20.3 Å². The minimum atomic E-state index is -1.06. The molecule has 0 saturated carbocycles. The summed E-state index contributed by atoms with van der Waals surface area (Å²) in [5, 5.41) is 23.1. The fraction of sp³-hybridized carbons (Fsp3) is 0.292. The van der Waals surface area contributed by atoms with Crippen LogP contribution in [-0.2, 0) is 4.74 Å². The van der Waals surface area contributed by atoms with Crippen molar-refractivity contribution in [2.75, 3.05) is 5.32 Å². The van der Waals surface area contributed by atoms with Crippen LogP contribution in [0.15, 0.2) is 48.8 Å². The van der Waals surface area contributed by atoms with E-state index in [1.54, 1.807) is 19.9 Å². The van der Waals surface area contributed by atoms with Crippen LogP contribution in [0.1, 0.15) is 36.0 Å². The normalized spacial score (nSPS) is 24.6. The third kappa shape index (κ3) is 4.39. The first-order chi connectivity index (χ1) is 16.2. The molecule has 1 aliphatic rings. The number of hydrogen-bond donors (Lipinski definition) is 3. The number of halogens is 3. The van der Waals surface area contributed by atoms with E-state index in [1.165, 1.54) is 12.4 Å². The van der Waals surface area contributed by atoms with E-state index in [1.807, 2.05) is 0 Å². The summed E-state index contributed by atoms with van der Waals surface area (Å²) in [5.41, 5.74) is -0.858. The molecule has 3 N–H and O–H groups in total. The molecule has 4 rings (SSSR count). The standard InChI is InChI=1S/C24H22F3N3O4/c1-11-21(31)22(32)12(2)34-23(11)13-8-9-28-10-18(13)30-24(33)17-7-6-16(27)20(29-17)19-14(25)4-3-5-15(19)26/h3-12,21-23,31-32H,1-2H3,(H,30,33)/t11-,12-,21-,22-,23-/m1/s1. The van der Waals surface area contributed by atoms with Gasteiger partial charge in [-0.3, -0.25) is 9.78 Å². The molecule has 178 valence electrons. The number of carbonyl (C=O) groups excluding carboxylic acids is 1. The molecule has 1 amide bonds. The second-order valence-electron chi connectivity index (χ2n) is 8.14. The molecule has 10 heteroatoms. The van der Waals surface area contributed by atoms with Crippen molar-refractivity contribution < 1.29 is 32.9 Å². The highest BCUT2D eigenvalue weighted by molar-refractivity contribution is 6.03. The number of nitrogens with one attached hydrogen (secondary N) is 1. The van der Waals surface area contributed by atoms with Crippen LogP contribution < -0.4 is 5.32 Å². The monoisotopic (exact) mass is 473 g/mol. The Bertz CT molecular complexity index is 1210. The van der Waals surface area contributed by atoms with Crippen molar-refractivity contribution in [3.8, 4) is 11.3 Å². The lowest BCUT2D eigenvalue weighted by atomic mass is 9.85. The summed E-state index contributed by atoms with van der Waals surface area (Å²) in [4.78, 5) is 20.8. The molecule has 1 aliphatic heterocycles. The molecule has 34 heavy (non-hydrogen) atoms. The van der Waals surface area contributed by atoms with Gasteiger partial charge in [-0.1, -0.05) is 13.0 Å². The van der Waals surface area contributed by atoms with E-state index in [0.29, 0.717) is 5.56 Å². The van der Waals surface area contributed by atoms with Gasteiger partial charge in [0, 0.05) is 17.7 Å². The van der Waals surface area contributed by atoms with Gasteiger partial charge in [-0.2, -0.15) is 0 Å². The maximum Gasteiger partial charge on any atom is 0.274 e. The van der Waals surface area contributed by atoms with Crippen molar-refractivity contribution >= 4 is 11.6 Å². The zero-order valence-electron chi connectivity index (χ0n) is 18.2. The number of rotatable bonds is 4. The van der Waals surface area contributed by atoms with E-state index >= 15 is 0 Å². The molecular formula is C24H22F3N3O4. The first-order valence-corrected chi connectivity index (χ1v) is 10.6. The number of carbonyl (C=O) groups is 1.